The van der Waals surface area contributed by atoms with Gasteiger partial charge in [-0.1, -0.05) is 0 Å². The summed E-state index contributed by atoms with van der Waals surface area (Å²) in [5, 5.41) is 0. The van der Waals surface area contributed by atoms with Crippen LogP contribution in [0.15, 0.2) is 4.99 Å². The molecule has 7 heavy (non-hydrogen) atoms. The van der Waals surface area contributed by atoms with Crippen LogP contribution in [0.1, 0.15) is 19.3 Å². The van der Waals surface area contributed by atoms with E-state index in [4.69, 9.17) is 0 Å². The van der Waals surface area contributed by atoms with Gasteiger partial charge in [0.15, 0.2) is 0 Å². The van der Waals surface area contributed by atoms with E-state index in [1.165, 1.54) is 19.3 Å². The van der Waals surface area contributed by atoms with Crippen LogP contribution < -0.4 is 0 Å². The predicted molar refractivity (Wildman–Crippen MR) is 29.6 cm³/mol. The summed E-state index contributed by atoms with van der Waals surface area (Å²) in [6.07, 6.45) is 6.27. The highest BCUT2D eigenvalue weighted by Gasteiger charge is 2.26. The van der Waals surface area contributed by atoms with Crippen LogP contribution in [0.5, 0.6) is 0 Å². The van der Waals surface area contributed by atoms with Gasteiger partial charge in [-0.05, 0) is 25.2 Å². The first-order valence-electron chi connectivity index (χ1n) is 2.98. The van der Waals surface area contributed by atoms with E-state index in [0.29, 0.717) is 0 Å². The first-order valence-corrected chi connectivity index (χ1v) is 2.98. The Hall–Kier alpha value is -0.330. The number of aliphatic imine (C=N–C) groups is 1. The normalized spacial score (nSPS) is 45.7. The van der Waals surface area contributed by atoms with Gasteiger partial charge in [0.25, 0.3) is 0 Å². The maximum atomic E-state index is 4.28. The zero-order valence-corrected chi connectivity index (χ0v) is 4.30. The van der Waals surface area contributed by atoms with Crippen LogP contribution in [-0.4, -0.2) is 12.3 Å². The zero-order valence-electron chi connectivity index (χ0n) is 4.30. The Balaban J connectivity index is 2.27. The summed E-state index contributed by atoms with van der Waals surface area (Å²) in [5.74, 6) is 0.880. The van der Waals surface area contributed by atoms with Crippen molar-refractivity contribution in [1.82, 2.24) is 0 Å². The molecule has 1 heterocycles. The van der Waals surface area contributed by atoms with Gasteiger partial charge in [0.2, 0.25) is 0 Å². The predicted octanol–water partition coefficient (Wildman–Crippen LogP) is 1.24. The van der Waals surface area contributed by atoms with Crippen molar-refractivity contribution in [2.24, 2.45) is 10.9 Å². The van der Waals surface area contributed by atoms with Gasteiger partial charge in [-0.3, -0.25) is 4.99 Å². The fraction of sp³-hybridized carbons (Fsp3) is 0.833. The SMILES string of the molecule is C1=NC2CCC1C2. The Kier molecular flexibility index (Phi) is 0.566. The minimum atomic E-state index is 0.741. The van der Waals surface area contributed by atoms with Crippen LogP contribution in [0.2, 0.25) is 0 Å². The Morgan fingerprint density at radius 3 is 2.57 bits per heavy atom. The summed E-state index contributed by atoms with van der Waals surface area (Å²) < 4.78 is 0. The highest BCUT2D eigenvalue weighted by Crippen LogP contribution is 2.31. The van der Waals surface area contributed by atoms with Crippen molar-refractivity contribution in [3.63, 3.8) is 0 Å². The van der Waals surface area contributed by atoms with Crippen molar-refractivity contribution in [1.29, 1.82) is 0 Å². The molecule has 38 valence electrons. The highest BCUT2D eigenvalue weighted by atomic mass is 14.8. The van der Waals surface area contributed by atoms with Crippen molar-refractivity contribution < 1.29 is 0 Å². The fourth-order valence-electron chi connectivity index (χ4n) is 1.51. The van der Waals surface area contributed by atoms with Gasteiger partial charge in [0.1, 0.15) is 0 Å². The van der Waals surface area contributed by atoms with Gasteiger partial charge < -0.3 is 0 Å². The zero-order chi connectivity index (χ0) is 4.69. The molecule has 1 saturated carbocycles. The Labute approximate surface area is 43.4 Å². The quantitative estimate of drug-likeness (QED) is 0.429. The van der Waals surface area contributed by atoms with Crippen LogP contribution in [0.3, 0.4) is 0 Å². The first-order chi connectivity index (χ1) is 3.45. The monoisotopic (exact) mass is 95.1 g/mol. The van der Waals surface area contributed by atoms with Gasteiger partial charge in [-0.2, -0.15) is 0 Å². The van der Waals surface area contributed by atoms with Gasteiger partial charge in [-0.15, -0.1) is 0 Å². The van der Waals surface area contributed by atoms with E-state index in [1.807, 2.05) is 0 Å². The van der Waals surface area contributed by atoms with Crippen LogP contribution in [0.25, 0.3) is 0 Å². The molecular weight excluding hydrogens is 86.1 g/mol. The van der Waals surface area contributed by atoms with Crippen LogP contribution >= 0.6 is 0 Å². The maximum Gasteiger partial charge on any atom is 0.0502 e. The molecule has 0 radical (unpaired) electrons. The third-order valence-corrected chi connectivity index (χ3v) is 1.95. The maximum absolute atomic E-state index is 4.28. The van der Waals surface area contributed by atoms with Gasteiger partial charge in [-0.25, -0.2) is 0 Å². The average molecular weight is 95.1 g/mol. The van der Waals surface area contributed by atoms with Crippen molar-refractivity contribution >= 4 is 6.21 Å². The third-order valence-electron chi connectivity index (χ3n) is 1.95. The molecule has 0 amide bonds. The van der Waals surface area contributed by atoms with Gasteiger partial charge in [0.05, 0.1) is 6.04 Å². The molecule has 0 spiro atoms. The van der Waals surface area contributed by atoms with E-state index in [1.54, 1.807) is 0 Å². The van der Waals surface area contributed by atoms with Crippen molar-refractivity contribution in [2.75, 3.05) is 0 Å². The average Bonchev–Trinajstić information content (AvgIpc) is 2.22. The van der Waals surface area contributed by atoms with E-state index in [2.05, 4.69) is 11.2 Å². The lowest BCUT2D eigenvalue weighted by atomic mass is 10.1. The molecule has 0 aromatic rings. The van der Waals surface area contributed by atoms with Crippen LogP contribution in [0.4, 0.5) is 0 Å². The molecule has 0 saturated heterocycles. The lowest BCUT2D eigenvalue weighted by Crippen LogP contribution is -1.92. The Morgan fingerprint density at radius 1 is 1.43 bits per heavy atom. The number of hydrogen-bond donors (Lipinski definition) is 0. The standard InChI is InChI=1S/C6H9N/c1-2-6-3-5(1)4-7-6/h4-6H,1-3H2. The summed E-state index contributed by atoms with van der Waals surface area (Å²) in [4.78, 5) is 4.28. The van der Waals surface area contributed by atoms with Crippen molar-refractivity contribution in [2.45, 2.75) is 25.3 Å². The molecule has 0 N–H and O–H groups in total. The lowest BCUT2D eigenvalue weighted by Gasteiger charge is -1.96. The number of rotatable bonds is 0. The summed E-state index contributed by atoms with van der Waals surface area (Å²) in [6, 6.07) is 0.741. The Bertz CT molecular complexity index is 94.7. The molecule has 1 heteroatoms. The minimum Gasteiger partial charge on any atom is -0.294 e. The van der Waals surface area contributed by atoms with Crippen LogP contribution in [-0.2, 0) is 0 Å². The number of nitrogens with zero attached hydrogens (tertiary/aromatic N) is 1. The largest absolute Gasteiger partial charge is 0.294 e. The molecule has 2 rings (SSSR count). The van der Waals surface area contributed by atoms with Gasteiger partial charge in [0, 0.05) is 6.21 Å². The molecule has 1 aliphatic heterocycles. The molecule has 1 fully saturated rings. The summed E-state index contributed by atoms with van der Waals surface area (Å²) in [6.45, 7) is 0. The van der Waals surface area contributed by atoms with Crippen molar-refractivity contribution in [3.05, 3.63) is 0 Å². The molecule has 2 unspecified atom stereocenters. The molecule has 2 bridgehead atoms. The topological polar surface area (TPSA) is 12.4 Å². The first kappa shape index (κ1) is 3.65. The lowest BCUT2D eigenvalue weighted by molar-refractivity contribution is 0.722. The highest BCUT2D eigenvalue weighted by molar-refractivity contribution is 5.64. The summed E-state index contributed by atoms with van der Waals surface area (Å²) >= 11 is 0. The molecule has 2 aliphatic rings. The second-order valence-electron chi connectivity index (χ2n) is 2.53. The summed E-state index contributed by atoms with van der Waals surface area (Å²) in [7, 11) is 0. The number of hydrogen-bond acceptors (Lipinski definition) is 1. The fourth-order valence-corrected chi connectivity index (χ4v) is 1.51. The smallest absolute Gasteiger partial charge is 0.0502 e. The van der Waals surface area contributed by atoms with Gasteiger partial charge >= 0.3 is 0 Å². The second kappa shape index (κ2) is 1.09. The van der Waals surface area contributed by atoms with E-state index in [-0.39, 0.29) is 0 Å². The molecule has 0 aromatic heterocycles. The van der Waals surface area contributed by atoms with E-state index in [0.717, 1.165) is 12.0 Å². The number of fused-ring (bicyclic) bond motifs is 2. The molecule has 1 nitrogen and oxygen atoms in total. The molecule has 2 atom stereocenters. The Morgan fingerprint density at radius 2 is 2.43 bits per heavy atom. The van der Waals surface area contributed by atoms with Crippen molar-refractivity contribution in [3.8, 4) is 0 Å². The summed E-state index contributed by atoms with van der Waals surface area (Å²) in [5.41, 5.74) is 0. The molecule has 0 aromatic carbocycles. The molecule has 1 aliphatic carbocycles. The van der Waals surface area contributed by atoms with E-state index < -0.39 is 0 Å². The minimum absolute atomic E-state index is 0.741. The van der Waals surface area contributed by atoms with E-state index in [9.17, 15) is 0 Å². The third kappa shape index (κ3) is 0.409. The van der Waals surface area contributed by atoms with E-state index >= 15 is 0 Å². The van der Waals surface area contributed by atoms with Crippen LogP contribution in [0, 0.1) is 5.92 Å². The molecular formula is C6H9N. The second-order valence-corrected chi connectivity index (χ2v) is 2.53.